The average molecular weight is 601 g/mol. The lowest BCUT2D eigenvalue weighted by atomic mass is 10.0. The van der Waals surface area contributed by atoms with E-state index in [1.807, 2.05) is 43.1 Å². The van der Waals surface area contributed by atoms with E-state index in [1.54, 1.807) is 0 Å². The van der Waals surface area contributed by atoms with Crippen LogP contribution in [0.25, 0.3) is 11.3 Å². The van der Waals surface area contributed by atoms with Gasteiger partial charge in [-0.15, -0.1) is 0 Å². The quantitative estimate of drug-likeness (QED) is 0.350. The zero-order chi connectivity index (χ0) is 25.8. The monoisotopic (exact) mass is 601 g/mol. The Morgan fingerprint density at radius 3 is 2.67 bits per heavy atom. The van der Waals surface area contributed by atoms with E-state index in [-0.39, 0.29) is 17.9 Å². The molecule has 190 valence electrons. The molecule has 1 aliphatic heterocycles. The summed E-state index contributed by atoms with van der Waals surface area (Å²) in [6.45, 7) is 4.45. The van der Waals surface area contributed by atoms with Crippen LogP contribution in [0.5, 0.6) is 0 Å². The smallest absolute Gasteiger partial charge is 0.407 e. The maximum Gasteiger partial charge on any atom is 0.407 e. The first-order valence-corrected chi connectivity index (χ1v) is 13.2. The highest BCUT2D eigenvalue weighted by atomic mass is 127. The van der Waals surface area contributed by atoms with Crippen LogP contribution < -0.4 is 10.2 Å². The Bertz CT molecular complexity index is 1210. The standard InChI is InChI=1S/C27H32IN5O3/c1-17(2)24(31-27(35)36-4)26(34)33-14-8-11-22(33)25-29-16-21(30-25)18-12-13-20(28)23(15-18)32(3)19-9-6-5-7-10-19/h5-7,9-10,12-13,15-17,22,24H,8,11,14H2,1-4H3,(H,29,30)(H,31,35)/t22-,24-/m0/s1. The number of nitrogens with zero attached hydrogens (tertiary/aromatic N) is 3. The van der Waals surface area contributed by atoms with Crippen molar-refractivity contribution >= 4 is 46.0 Å². The number of amides is 2. The van der Waals surface area contributed by atoms with Gasteiger partial charge in [-0.05, 0) is 65.6 Å². The van der Waals surface area contributed by atoms with Crippen molar-refractivity contribution < 1.29 is 14.3 Å². The Balaban J connectivity index is 1.57. The van der Waals surface area contributed by atoms with Gasteiger partial charge in [0.2, 0.25) is 5.91 Å². The summed E-state index contributed by atoms with van der Waals surface area (Å²) in [5.41, 5.74) is 4.13. The molecule has 0 spiro atoms. The number of halogens is 1. The third kappa shape index (κ3) is 5.50. The second-order valence-electron chi connectivity index (χ2n) is 9.29. The fourth-order valence-corrected chi connectivity index (χ4v) is 5.27. The van der Waals surface area contributed by atoms with Crippen LogP contribution in [-0.4, -0.2) is 53.6 Å². The highest BCUT2D eigenvalue weighted by Crippen LogP contribution is 2.35. The first-order chi connectivity index (χ1) is 17.3. The number of carbonyl (C=O) groups is 2. The normalized spacial score (nSPS) is 16.2. The molecular weight excluding hydrogens is 569 g/mol. The third-order valence-corrected chi connectivity index (χ3v) is 7.51. The number of methoxy groups -OCH3 is 1. The fraction of sp³-hybridized carbons (Fsp3) is 0.370. The van der Waals surface area contributed by atoms with Crippen LogP contribution in [0.2, 0.25) is 0 Å². The molecule has 1 saturated heterocycles. The van der Waals surface area contributed by atoms with Crippen molar-refractivity contribution in [2.45, 2.75) is 38.8 Å². The molecule has 1 aromatic heterocycles. The molecule has 9 heteroatoms. The molecular formula is C27H32IN5O3. The van der Waals surface area contributed by atoms with E-state index in [2.05, 4.69) is 80.2 Å². The first-order valence-electron chi connectivity index (χ1n) is 12.1. The molecule has 2 atom stereocenters. The minimum atomic E-state index is -0.653. The van der Waals surface area contributed by atoms with Crippen LogP contribution in [-0.2, 0) is 9.53 Å². The van der Waals surface area contributed by atoms with Gasteiger partial charge in [0.05, 0.1) is 30.7 Å². The SMILES string of the molecule is COC(=O)N[C@H](C(=O)N1CCC[C@H]1c1ncc(-c2ccc(I)c(N(C)c3ccccc3)c2)[nH]1)C(C)C. The lowest BCUT2D eigenvalue weighted by Crippen LogP contribution is -2.51. The van der Waals surface area contributed by atoms with Crippen molar-refractivity contribution in [1.82, 2.24) is 20.2 Å². The third-order valence-electron chi connectivity index (χ3n) is 6.60. The fourth-order valence-electron chi connectivity index (χ4n) is 4.57. The highest BCUT2D eigenvalue weighted by molar-refractivity contribution is 14.1. The number of alkyl carbamates (subject to hydrolysis) is 1. The number of rotatable bonds is 7. The summed E-state index contributed by atoms with van der Waals surface area (Å²) in [6, 6.07) is 15.8. The van der Waals surface area contributed by atoms with Gasteiger partial charge in [-0.1, -0.05) is 38.1 Å². The Kier molecular flexibility index (Phi) is 8.17. The maximum atomic E-state index is 13.4. The van der Waals surface area contributed by atoms with Crippen molar-refractivity contribution in [2.75, 3.05) is 25.6 Å². The lowest BCUT2D eigenvalue weighted by Gasteiger charge is -2.30. The summed E-state index contributed by atoms with van der Waals surface area (Å²) in [6.07, 6.45) is 2.92. The number of hydrogen-bond acceptors (Lipinski definition) is 5. The number of ether oxygens (including phenoxy) is 1. The van der Waals surface area contributed by atoms with Crippen molar-refractivity contribution in [3.8, 4) is 11.3 Å². The van der Waals surface area contributed by atoms with Gasteiger partial charge in [-0.25, -0.2) is 9.78 Å². The van der Waals surface area contributed by atoms with Gasteiger partial charge in [0.25, 0.3) is 0 Å². The van der Waals surface area contributed by atoms with E-state index in [4.69, 9.17) is 4.74 Å². The molecule has 2 amide bonds. The Morgan fingerprint density at radius 1 is 1.22 bits per heavy atom. The van der Waals surface area contributed by atoms with Crippen molar-refractivity contribution in [2.24, 2.45) is 5.92 Å². The molecule has 3 aromatic rings. The van der Waals surface area contributed by atoms with Gasteiger partial charge < -0.3 is 24.8 Å². The maximum absolute atomic E-state index is 13.4. The van der Waals surface area contributed by atoms with Crippen molar-refractivity contribution in [1.29, 1.82) is 0 Å². The van der Waals surface area contributed by atoms with Crippen molar-refractivity contribution in [3.05, 3.63) is 64.1 Å². The molecule has 4 rings (SSSR count). The van der Waals surface area contributed by atoms with E-state index in [1.165, 1.54) is 7.11 Å². The van der Waals surface area contributed by atoms with E-state index in [9.17, 15) is 9.59 Å². The number of imidazole rings is 1. The van der Waals surface area contributed by atoms with Crippen LogP contribution in [0, 0.1) is 9.49 Å². The molecule has 2 heterocycles. The molecule has 0 radical (unpaired) electrons. The number of para-hydroxylation sites is 1. The van der Waals surface area contributed by atoms with E-state index in [0.717, 1.165) is 44.9 Å². The van der Waals surface area contributed by atoms with Crippen LogP contribution in [0.3, 0.4) is 0 Å². The average Bonchev–Trinajstić information content (AvgIpc) is 3.57. The number of likely N-dealkylation sites (tertiary alicyclic amines) is 1. The molecule has 2 N–H and O–H groups in total. The Morgan fingerprint density at radius 2 is 1.97 bits per heavy atom. The number of carbonyl (C=O) groups excluding carboxylic acids is 2. The summed E-state index contributed by atoms with van der Waals surface area (Å²) in [4.78, 5) is 37.3. The van der Waals surface area contributed by atoms with E-state index >= 15 is 0 Å². The van der Waals surface area contributed by atoms with Gasteiger partial charge >= 0.3 is 6.09 Å². The minimum absolute atomic E-state index is 0.0724. The number of benzene rings is 2. The zero-order valence-corrected chi connectivity index (χ0v) is 23.2. The van der Waals surface area contributed by atoms with E-state index < -0.39 is 12.1 Å². The summed E-state index contributed by atoms with van der Waals surface area (Å²) in [7, 11) is 3.36. The van der Waals surface area contributed by atoms with Crippen LogP contribution in [0.15, 0.2) is 54.7 Å². The summed E-state index contributed by atoms with van der Waals surface area (Å²) < 4.78 is 5.87. The zero-order valence-electron chi connectivity index (χ0n) is 21.0. The van der Waals surface area contributed by atoms with Gasteiger partial charge in [0.15, 0.2) is 0 Å². The molecule has 36 heavy (non-hydrogen) atoms. The molecule has 1 aliphatic rings. The summed E-state index contributed by atoms with van der Waals surface area (Å²) >= 11 is 2.36. The predicted octanol–water partition coefficient (Wildman–Crippen LogP) is 5.49. The molecule has 0 bridgehead atoms. The van der Waals surface area contributed by atoms with Gasteiger partial charge in [0, 0.05) is 28.4 Å². The number of nitrogens with one attached hydrogen (secondary N) is 2. The van der Waals surface area contributed by atoms with Gasteiger partial charge in [-0.2, -0.15) is 0 Å². The van der Waals surface area contributed by atoms with Crippen LogP contribution >= 0.6 is 22.6 Å². The van der Waals surface area contributed by atoms with Gasteiger partial charge in [0.1, 0.15) is 11.9 Å². The summed E-state index contributed by atoms with van der Waals surface area (Å²) in [5, 5.41) is 2.69. The minimum Gasteiger partial charge on any atom is -0.453 e. The van der Waals surface area contributed by atoms with Crippen LogP contribution in [0.1, 0.15) is 38.6 Å². The molecule has 1 fully saturated rings. The highest BCUT2D eigenvalue weighted by Gasteiger charge is 2.37. The van der Waals surface area contributed by atoms with Gasteiger partial charge in [-0.3, -0.25) is 4.79 Å². The summed E-state index contributed by atoms with van der Waals surface area (Å²) in [5.74, 6) is 0.571. The van der Waals surface area contributed by atoms with Crippen LogP contribution in [0.4, 0.5) is 16.2 Å². The first kappa shape index (κ1) is 26.0. The second-order valence-corrected chi connectivity index (χ2v) is 10.5. The second kappa shape index (κ2) is 11.3. The Labute approximate surface area is 225 Å². The molecule has 2 aromatic carbocycles. The number of aromatic amines is 1. The molecule has 0 saturated carbocycles. The lowest BCUT2D eigenvalue weighted by molar-refractivity contribution is -0.135. The number of aromatic nitrogens is 2. The Hall–Kier alpha value is -3.08. The molecule has 8 nitrogen and oxygen atoms in total. The van der Waals surface area contributed by atoms with E-state index in [0.29, 0.717) is 6.54 Å². The number of hydrogen-bond donors (Lipinski definition) is 2. The molecule has 0 aliphatic carbocycles. The number of H-pyrrole nitrogens is 1. The largest absolute Gasteiger partial charge is 0.453 e. The molecule has 0 unspecified atom stereocenters. The topological polar surface area (TPSA) is 90.6 Å². The van der Waals surface area contributed by atoms with Crippen molar-refractivity contribution in [3.63, 3.8) is 0 Å². The predicted molar refractivity (Wildman–Crippen MR) is 149 cm³/mol. The number of anilines is 2.